The molecule has 5 nitrogen and oxygen atoms in total. The van der Waals surface area contributed by atoms with Gasteiger partial charge in [-0.2, -0.15) is 0 Å². The molecule has 2 aromatic rings. The third-order valence-electron chi connectivity index (χ3n) is 2.21. The van der Waals surface area contributed by atoms with E-state index in [0.29, 0.717) is 11.4 Å². The number of rotatable bonds is 5. The van der Waals surface area contributed by atoms with Gasteiger partial charge in [0.1, 0.15) is 10.6 Å². The van der Waals surface area contributed by atoms with Crippen molar-refractivity contribution in [1.82, 2.24) is 0 Å². The standard InChI is InChI=1S/C13H11NO4S/c15-12(14-9-4-2-1-3-5-9)7-18-10-6-11(13(16)17)19-8-10/h1-6,8H,7H2,(H,14,15)(H,16,17). The molecule has 1 heterocycles. The molecule has 2 N–H and O–H groups in total. The average Bonchev–Trinajstić information content (AvgIpc) is 2.86. The van der Waals surface area contributed by atoms with Crippen molar-refractivity contribution in [3.05, 3.63) is 46.7 Å². The van der Waals surface area contributed by atoms with Crippen LogP contribution in [-0.2, 0) is 4.79 Å². The van der Waals surface area contributed by atoms with Gasteiger partial charge in [-0.05, 0) is 12.1 Å². The normalized spacial score (nSPS) is 9.89. The van der Waals surface area contributed by atoms with Crippen LogP contribution in [0.3, 0.4) is 0 Å². The molecule has 6 heteroatoms. The van der Waals surface area contributed by atoms with Gasteiger partial charge in [-0.15, -0.1) is 11.3 Å². The number of carbonyl (C=O) groups is 2. The van der Waals surface area contributed by atoms with E-state index in [1.807, 2.05) is 18.2 Å². The Morgan fingerprint density at radius 2 is 2.00 bits per heavy atom. The maximum atomic E-state index is 11.6. The van der Waals surface area contributed by atoms with Crippen molar-refractivity contribution in [2.24, 2.45) is 0 Å². The zero-order chi connectivity index (χ0) is 13.7. The second-order valence-corrected chi connectivity index (χ2v) is 4.57. The van der Waals surface area contributed by atoms with E-state index < -0.39 is 5.97 Å². The van der Waals surface area contributed by atoms with Gasteiger partial charge in [0.15, 0.2) is 6.61 Å². The van der Waals surface area contributed by atoms with Crippen LogP contribution in [-0.4, -0.2) is 23.6 Å². The highest BCUT2D eigenvalue weighted by Crippen LogP contribution is 2.21. The van der Waals surface area contributed by atoms with Gasteiger partial charge in [0.25, 0.3) is 5.91 Å². The van der Waals surface area contributed by atoms with Crippen molar-refractivity contribution < 1.29 is 19.4 Å². The van der Waals surface area contributed by atoms with Crippen LogP contribution >= 0.6 is 11.3 Å². The molecule has 0 fully saturated rings. The van der Waals surface area contributed by atoms with Gasteiger partial charge < -0.3 is 15.2 Å². The molecule has 0 aliphatic rings. The van der Waals surface area contributed by atoms with Crippen molar-refractivity contribution in [3.63, 3.8) is 0 Å². The Bertz CT molecular complexity index is 579. The van der Waals surface area contributed by atoms with Crippen molar-refractivity contribution in [1.29, 1.82) is 0 Å². The SMILES string of the molecule is O=C(COc1csc(C(=O)O)c1)Nc1ccccc1. The second kappa shape index (κ2) is 6.01. The topological polar surface area (TPSA) is 75.6 Å². The van der Waals surface area contributed by atoms with Crippen molar-refractivity contribution in [2.75, 3.05) is 11.9 Å². The minimum absolute atomic E-state index is 0.162. The third kappa shape index (κ3) is 3.82. The van der Waals surface area contributed by atoms with Crippen LogP contribution in [0.2, 0.25) is 0 Å². The second-order valence-electron chi connectivity index (χ2n) is 3.65. The molecule has 0 bridgehead atoms. The number of thiophene rings is 1. The fourth-order valence-electron chi connectivity index (χ4n) is 1.37. The first kappa shape index (κ1) is 13.1. The third-order valence-corrected chi connectivity index (χ3v) is 3.11. The Kier molecular flexibility index (Phi) is 4.15. The Hall–Kier alpha value is -2.34. The smallest absolute Gasteiger partial charge is 0.346 e. The molecule has 1 aromatic heterocycles. The van der Waals surface area contributed by atoms with Crippen LogP contribution in [0.1, 0.15) is 9.67 Å². The van der Waals surface area contributed by atoms with Crippen LogP contribution in [0.4, 0.5) is 5.69 Å². The van der Waals surface area contributed by atoms with E-state index in [2.05, 4.69) is 5.32 Å². The number of carboxylic acid groups (broad SMARTS) is 1. The van der Waals surface area contributed by atoms with Crippen molar-refractivity contribution in [3.8, 4) is 5.75 Å². The number of benzene rings is 1. The number of aromatic carboxylic acids is 1. The van der Waals surface area contributed by atoms with Gasteiger partial charge in [-0.25, -0.2) is 4.79 Å². The summed E-state index contributed by atoms with van der Waals surface area (Å²) in [6, 6.07) is 10.4. The number of anilines is 1. The fraction of sp³-hybridized carbons (Fsp3) is 0.0769. The lowest BCUT2D eigenvalue weighted by Crippen LogP contribution is -2.19. The molecule has 0 spiro atoms. The largest absolute Gasteiger partial charge is 0.483 e. The number of para-hydroxylation sites is 1. The molecule has 0 unspecified atom stereocenters. The number of hydrogen-bond acceptors (Lipinski definition) is 4. The minimum atomic E-state index is -1.01. The Balaban J connectivity index is 1.84. The molecular weight excluding hydrogens is 266 g/mol. The van der Waals surface area contributed by atoms with Crippen LogP contribution in [0, 0.1) is 0 Å². The summed E-state index contributed by atoms with van der Waals surface area (Å²) >= 11 is 1.06. The van der Waals surface area contributed by atoms with E-state index in [-0.39, 0.29) is 17.4 Å². The van der Waals surface area contributed by atoms with Crippen LogP contribution in [0.5, 0.6) is 5.75 Å². The van der Waals surface area contributed by atoms with E-state index in [1.165, 1.54) is 6.07 Å². The van der Waals surface area contributed by atoms with Crippen LogP contribution in [0.25, 0.3) is 0 Å². The van der Waals surface area contributed by atoms with Crippen molar-refractivity contribution >= 4 is 28.9 Å². The zero-order valence-electron chi connectivity index (χ0n) is 9.83. The first-order chi connectivity index (χ1) is 9.15. The highest BCUT2D eigenvalue weighted by molar-refractivity contribution is 7.12. The molecule has 98 valence electrons. The predicted molar refractivity (Wildman–Crippen MR) is 71.8 cm³/mol. The van der Waals surface area contributed by atoms with E-state index >= 15 is 0 Å². The minimum Gasteiger partial charge on any atom is -0.483 e. The first-order valence-electron chi connectivity index (χ1n) is 5.44. The summed E-state index contributed by atoms with van der Waals surface area (Å²) in [4.78, 5) is 22.4. The predicted octanol–water partition coefficient (Wildman–Crippen LogP) is 2.46. The number of ether oxygens (including phenoxy) is 1. The maximum absolute atomic E-state index is 11.6. The molecule has 0 atom stereocenters. The molecule has 0 radical (unpaired) electrons. The molecular formula is C13H11NO4S. The molecule has 0 saturated heterocycles. The molecule has 0 saturated carbocycles. The molecule has 1 aromatic carbocycles. The van der Waals surface area contributed by atoms with Gasteiger partial charge >= 0.3 is 5.97 Å². The highest BCUT2D eigenvalue weighted by Gasteiger charge is 2.09. The Labute approximate surface area is 113 Å². The first-order valence-corrected chi connectivity index (χ1v) is 6.32. The monoisotopic (exact) mass is 277 g/mol. The number of hydrogen-bond donors (Lipinski definition) is 2. The highest BCUT2D eigenvalue weighted by atomic mass is 32.1. The molecule has 1 amide bonds. The number of nitrogens with one attached hydrogen (secondary N) is 1. The molecule has 19 heavy (non-hydrogen) atoms. The van der Waals surface area contributed by atoms with Gasteiger partial charge in [0.05, 0.1) is 0 Å². The van der Waals surface area contributed by atoms with E-state index in [0.717, 1.165) is 11.3 Å². The average molecular weight is 277 g/mol. The van der Waals surface area contributed by atoms with Crippen LogP contribution < -0.4 is 10.1 Å². The van der Waals surface area contributed by atoms with Gasteiger partial charge in [0, 0.05) is 17.1 Å². The lowest BCUT2D eigenvalue weighted by atomic mass is 10.3. The zero-order valence-corrected chi connectivity index (χ0v) is 10.6. The fourth-order valence-corrected chi connectivity index (χ4v) is 2.04. The summed E-state index contributed by atoms with van der Waals surface area (Å²) in [6.45, 7) is -0.162. The number of amides is 1. The maximum Gasteiger partial charge on any atom is 0.346 e. The van der Waals surface area contributed by atoms with E-state index in [4.69, 9.17) is 9.84 Å². The number of carboxylic acids is 1. The van der Waals surface area contributed by atoms with Gasteiger partial charge in [-0.1, -0.05) is 18.2 Å². The summed E-state index contributed by atoms with van der Waals surface area (Å²) in [7, 11) is 0. The van der Waals surface area contributed by atoms with Gasteiger partial charge in [-0.3, -0.25) is 4.79 Å². The summed E-state index contributed by atoms with van der Waals surface area (Å²) in [6.07, 6.45) is 0. The summed E-state index contributed by atoms with van der Waals surface area (Å²) in [5.74, 6) is -0.923. The summed E-state index contributed by atoms with van der Waals surface area (Å²) in [5.41, 5.74) is 0.688. The lowest BCUT2D eigenvalue weighted by Gasteiger charge is -2.05. The quantitative estimate of drug-likeness (QED) is 0.880. The summed E-state index contributed by atoms with van der Waals surface area (Å²) < 4.78 is 5.21. The molecule has 0 aliphatic heterocycles. The molecule has 2 rings (SSSR count). The Morgan fingerprint density at radius 3 is 2.63 bits per heavy atom. The Morgan fingerprint density at radius 1 is 1.26 bits per heavy atom. The van der Waals surface area contributed by atoms with E-state index in [9.17, 15) is 9.59 Å². The lowest BCUT2D eigenvalue weighted by molar-refractivity contribution is -0.118. The van der Waals surface area contributed by atoms with E-state index in [1.54, 1.807) is 17.5 Å². The molecule has 0 aliphatic carbocycles. The number of carbonyl (C=O) groups excluding carboxylic acids is 1. The summed E-state index contributed by atoms with van der Waals surface area (Å²) in [5, 5.41) is 13.0. The van der Waals surface area contributed by atoms with Gasteiger partial charge in [0.2, 0.25) is 0 Å². The van der Waals surface area contributed by atoms with Crippen molar-refractivity contribution in [2.45, 2.75) is 0 Å². The van der Waals surface area contributed by atoms with Crippen LogP contribution in [0.15, 0.2) is 41.8 Å².